The van der Waals surface area contributed by atoms with Crippen LogP contribution in [0.5, 0.6) is 6.01 Å². The molecule has 1 saturated heterocycles. The van der Waals surface area contributed by atoms with Crippen LogP contribution in [0.3, 0.4) is 0 Å². The van der Waals surface area contributed by atoms with Gasteiger partial charge in [-0.15, -0.1) is 0 Å². The number of amides is 2. The van der Waals surface area contributed by atoms with Crippen molar-refractivity contribution in [3.8, 4) is 6.01 Å². The molecule has 1 aliphatic rings. The van der Waals surface area contributed by atoms with Crippen LogP contribution >= 0.6 is 0 Å². The summed E-state index contributed by atoms with van der Waals surface area (Å²) < 4.78 is 53.5. The van der Waals surface area contributed by atoms with E-state index in [4.69, 9.17) is 14.2 Å². The summed E-state index contributed by atoms with van der Waals surface area (Å²) in [6.07, 6.45) is -4.21. The van der Waals surface area contributed by atoms with Crippen molar-refractivity contribution in [1.29, 1.82) is 0 Å². The van der Waals surface area contributed by atoms with E-state index in [0.717, 1.165) is 12.3 Å². The van der Waals surface area contributed by atoms with Crippen LogP contribution in [0.15, 0.2) is 24.4 Å². The molecule has 2 heterocycles. The Morgan fingerprint density at radius 2 is 2.21 bits per heavy atom. The molecule has 0 bridgehead atoms. The quantitative estimate of drug-likeness (QED) is 0.406. The fourth-order valence-electron chi connectivity index (χ4n) is 2.28. The van der Waals surface area contributed by atoms with Crippen molar-refractivity contribution in [2.24, 2.45) is 0 Å². The van der Waals surface area contributed by atoms with E-state index >= 15 is 0 Å². The van der Waals surface area contributed by atoms with Crippen LogP contribution in [0.1, 0.15) is 12.6 Å². The number of nitrogens with one attached hydrogen (secondary N) is 1. The van der Waals surface area contributed by atoms with Gasteiger partial charge in [-0.3, -0.25) is 0 Å². The van der Waals surface area contributed by atoms with Gasteiger partial charge >= 0.3 is 24.2 Å². The molecule has 1 N–H and O–H groups in total. The van der Waals surface area contributed by atoms with Crippen LogP contribution in [0.4, 0.5) is 18.0 Å². The van der Waals surface area contributed by atoms with Crippen molar-refractivity contribution in [1.82, 2.24) is 20.2 Å². The van der Waals surface area contributed by atoms with Crippen molar-refractivity contribution < 1.29 is 37.0 Å². The van der Waals surface area contributed by atoms with E-state index in [1.165, 1.54) is 11.8 Å². The number of halogens is 3. The molecule has 0 saturated carbocycles. The van der Waals surface area contributed by atoms with Crippen molar-refractivity contribution in [3.63, 3.8) is 0 Å². The third kappa shape index (κ3) is 7.22. The monoisotopic (exact) mass is 418 g/mol. The molecule has 2 amide bonds. The third-order valence-corrected chi connectivity index (χ3v) is 3.71. The SMILES string of the molecule is C=C(C)C(=O)OCCNC(=O)N1CCOC(COc2nccc(C(F)(F)F)n2)C1. The number of urea groups is 1. The average molecular weight is 418 g/mol. The third-order valence-electron chi connectivity index (χ3n) is 3.71. The first kappa shape index (κ1) is 22.4. The van der Waals surface area contributed by atoms with Gasteiger partial charge in [0.1, 0.15) is 19.3 Å². The molecule has 12 heteroatoms. The lowest BCUT2D eigenvalue weighted by Gasteiger charge is -2.32. The van der Waals surface area contributed by atoms with Gasteiger partial charge in [-0.1, -0.05) is 6.58 Å². The average Bonchev–Trinajstić information content (AvgIpc) is 2.69. The maximum Gasteiger partial charge on any atom is 0.433 e. The summed E-state index contributed by atoms with van der Waals surface area (Å²) in [4.78, 5) is 31.8. The van der Waals surface area contributed by atoms with E-state index in [2.05, 4.69) is 21.9 Å². The van der Waals surface area contributed by atoms with Gasteiger partial charge in [0.05, 0.1) is 19.7 Å². The molecule has 1 aromatic rings. The zero-order chi connectivity index (χ0) is 21.4. The molecule has 1 atom stereocenters. The number of hydrogen-bond donors (Lipinski definition) is 1. The van der Waals surface area contributed by atoms with E-state index in [1.54, 1.807) is 0 Å². The van der Waals surface area contributed by atoms with Gasteiger partial charge in [0.25, 0.3) is 0 Å². The Balaban J connectivity index is 1.76. The number of aromatic nitrogens is 2. The highest BCUT2D eigenvalue weighted by Gasteiger charge is 2.33. The summed E-state index contributed by atoms with van der Waals surface area (Å²) in [6.45, 7) is 5.68. The number of morpholine rings is 1. The Morgan fingerprint density at radius 1 is 1.45 bits per heavy atom. The summed E-state index contributed by atoms with van der Waals surface area (Å²) in [5, 5.41) is 2.60. The lowest BCUT2D eigenvalue weighted by Crippen LogP contribution is -2.51. The predicted molar refractivity (Wildman–Crippen MR) is 93.0 cm³/mol. The number of hydrogen-bond acceptors (Lipinski definition) is 7. The molecule has 0 radical (unpaired) electrons. The summed E-state index contributed by atoms with van der Waals surface area (Å²) in [7, 11) is 0. The highest BCUT2D eigenvalue weighted by molar-refractivity contribution is 5.86. The van der Waals surface area contributed by atoms with Crippen LogP contribution in [0, 0.1) is 0 Å². The van der Waals surface area contributed by atoms with Crippen molar-refractivity contribution in [3.05, 3.63) is 30.1 Å². The highest BCUT2D eigenvalue weighted by Crippen LogP contribution is 2.27. The van der Waals surface area contributed by atoms with Gasteiger partial charge in [0.2, 0.25) is 0 Å². The predicted octanol–water partition coefficient (Wildman–Crippen LogP) is 1.40. The standard InChI is InChI=1S/C17H21F3N4O5/c1-11(2)14(25)28-7-5-22-16(26)24-6-8-27-12(9-24)10-29-15-21-4-3-13(23-15)17(18,19)20/h3-4,12H,1,5-10H2,2H3,(H,22,26). The normalized spacial score (nSPS) is 16.8. The Kier molecular flexibility index (Phi) is 7.76. The van der Waals surface area contributed by atoms with Gasteiger partial charge in [-0.05, 0) is 13.0 Å². The number of nitrogens with zero attached hydrogens (tertiary/aromatic N) is 3. The smallest absolute Gasteiger partial charge is 0.433 e. The second kappa shape index (κ2) is 10.0. The summed E-state index contributed by atoms with van der Waals surface area (Å²) in [5.41, 5.74) is -0.850. The number of alkyl halides is 3. The molecule has 1 unspecified atom stereocenters. The van der Waals surface area contributed by atoms with Gasteiger partial charge in [-0.2, -0.15) is 18.2 Å². The fraction of sp³-hybridized carbons (Fsp3) is 0.529. The summed E-state index contributed by atoms with van der Waals surface area (Å²) in [5.74, 6) is -0.542. The fourth-order valence-corrected chi connectivity index (χ4v) is 2.28. The van der Waals surface area contributed by atoms with Crippen LogP contribution in [-0.4, -0.2) is 72.4 Å². The van der Waals surface area contributed by atoms with Crippen molar-refractivity contribution in [2.45, 2.75) is 19.2 Å². The van der Waals surface area contributed by atoms with E-state index in [-0.39, 0.29) is 44.5 Å². The van der Waals surface area contributed by atoms with Crippen LogP contribution in [0.2, 0.25) is 0 Å². The number of ether oxygens (including phenoxy) is 3. The van der Waals surface area contributed by atoms with E-state index < -0.39 is 30.0 Å². The molecule has 29 heavy (non-hydrogen) atoms. The molecule has 1 aromatic heterocycles. The maximum absolute atomic E-state index is 12.7. The van der Waals surface area contributed by atoms with Crippen molar-refractivity contribution >= 4 is 12.0 Å². The van der Waals surface area contributed by atoms with Gasteiger partial charge in [0, 0.05) is 18.3 Å². The number of carbonyl (C=O) groups excluding carboxylic acids is 2. The molecule has 1 fully saturated rings. The second-order valence-electron chi connectivity index (χ2n) is 6.12. The first-order valence-electron chi connectivity index (χ1n) is 8.67. The Labute approximate surface area is 164 Å². The molecule has 1 aliphatic heterocycles. The molecular formula is C17H21F3N4O5. The summed E-state index contributed by atoms with van der Waals surface area (Å²) in [6, 6.07) is -0.0757. The Hall–Kier alpha value is -2.89. The minimum atomic E-state index is -4.60. The minimum Gasteiger partial charge on any atom is -0.461 e. The van der Waals surface area contributed by atoms with E-state index in [1.807, 2.05) is 0 Å². The largest absolute Gasteiger partial charge is 0.461 e. The molecule has 0 aromatic carbocycles. The van der Waals surface area contributed by atoms with Gasteiger partial charge < -0.3 is 24.4 Å². The molecule has 2 rings (SSSR count). The van der Waals surface area contributed by atoms with Gasteiger partial charge in [0.15, 0.2) is 5.69 Å². The van der Waals surface area contributed by atoms with Crippen LogP contribution < -0.4 is 10.1 Å². The van der Waals surface area contributed by atoms with Gasteiger partial charge in [-0.25, -0.2) is 14.6 Å². The molecular weight excluding hydrogens is 397 g/mol. The molecule has 9 nitrogen and oxygen atoms in total. The van der Waals surface area contributed by atoms with E-state index in [0.29, 0.717) is 6.54 Å². The number of carbonyl (C=O) groups is 2. The zero-order valence-corrected chi connectivity index (χ0v) is 15.7. The highest BCUT2D eigenvalue weighted by atomic mass is 19.4. The van der Waals surface area contributed by atoms with Crippen molar-refractivity contribution in [2.75, 3.05) is 39.5 Å². The minimum absolute atomic E-state index is 0.00119. The first-order valence-corrected chi connectivity index (χ1v) is 8.67. The van der Waals surface area contributed by atoms with Crippen LogP contribution in [-0.2, 0) is 20.4 Å². The lowest BCUT2D eigenvalue weighted by molar-refractivity contribution is -0.141. The number of rotatable bonds is 7. The zero-order valence-electron chi connectivity index (χ0n) is 15.7. The maximum atomic E-state index is 12.7. The molecule has 0 spiro atoms. The second-order valence-corrected chi connectivity index (χ2v) is 6.12. The Bertz CT molecular complexity index is 744. The lowest BCUT2D eigenvalue weighted by atomic mass is 10.3. The summed E-state index contributed by atoms with van der Waals surface area (Å²) >= 11 is 0. The molecule has 0 aliphatic carbocycles. The van der Waals surface area contributed by atoms with Crippen LogP contribution in [0.25, 0.3) is 0 Å². The van der Waals surface area contributed by atoms with E-state index in [9.17, 15) is 22.8 Å². The number of esters is 1. The first-order chi connectivity index (χ1) is 13.7. The topological polar surface area (TPSA) is 103 Å². The Morgan fingerprint density at radius 3 is 2.90 bits per heavy atom. The molecule has 160 valence electrons.